The van der Waals surface area contributed by atoms with Crippen molar-refractivity contribution in [2.45, 2.75) is 52.4 Å². The van der Waals surface area contributed by atoms with Gasteiger partial charge in [0.1, 0.15) is 34.0 Å². The van der Waals surface area contributed by atoms with Gasteiger partial charge in [-0.05, 0) is 34.1 Å². The molecule has 4 rings (SSSR count). The molecule has 196 valence electrons. The number of nitrogens with zero attached hydrogens (tertiary/aromatic N) is 2. The lowest BCUT2D eigenvalue weighted by Crippen LogP contribution is -2.41. The van der Waals surface area contributed by atoms with E-state index in [2.05, 4.69) is 15.5 Å². The molecule has 0 bridgehead atoms. The molecule has 1 atom stereocenters. The number of phenolic OH excluding ortho intramolecular Hbond substituents is 2. The number of allylic oxidation sites excluding steroid dienone is 4. The van der Waals surface area contributed by atoms with E-state index in [1.165, 1.54) is 26.8 Å². The van der Waals surface area contributed by atoms with E-state index in [0.717, 1.165) is 0 Å². The Morgan fingerprint density at radius 2 is 1.92 bits per heavy atom. The number of phenols is 2. The largest absolute Gasteiger partial charge is 0.507 e. The van der Waals surface area contributed by atoms with Gasteiger partial charge in [-0.2, -0.15) is 4.98 Å². The van der Waals surface area contributed by atoms with Crippen LogP contribution in [0.2, 0.25) is 0 Å². The van der Waals surface area contributed by atoms with Crippen LogP contribution in [0.15, 0.2) is 27.6 Å². The van der Waals surface area contributed by atoms with Crippen molar-refractivity contribution in [3.8, 4) is 17.2 Å². The molecule has 0 fully saturated rings. The minimum Gasteiger partial charge on any atom is -0.507 e. The highest BCUT2D eigenvalue weighted by Gasteiger charge is 2.56. The number of carbonyl (C=O) groups is 3. The van der Waals surface area contributed by atoms with Crippen molar-refractivity contribution in [1.29, 1.82) is 0 Å². The van der Waals surface area contributed by atoms with Crippen molar-refractivity contribution in [3.63, 3.8) is 0 Å². The lowest BCUT2D eigenvalue weighted by molar-refractivity contribution is -0.123. The van der Waals surface area contributed by atoms with Crippen LogP contribution in [0.25, 0.3) is 0 Å². The van der Waals surface area contributed by atoms with Gasteiger partial charge in [-0.1, -0.05) is 5.16 Å². The fourth-order valence-electron chi connectivity index (χ4n) is 4.65. The third-order valence-corrected chi connectivity index (χ3v) is 6.76. The van der Waals surface area contributed by atoms with Crippen LogP contribution in [-0.4, -0.2) is 58.0 Å². The predicted octanol–water partition coefficient (Wildman–Crippen LogP) is 2.36. The van der Waals surface area contributed by atoms with Crippen LogP contribution in [0.4, 0.5) is 0 Å². The minimum absolute atomic E-state index is 0.00230. The lowest BCUT2D eigenvalue weighted by atomic mass is 9.70. The van der Waals surface area contributed by atoms with Crippen molar-refractivity contribution in [3.05, 3.63) is 51.5 Å². The number of fused-ring (bicyclic) bond motifs is 3. The monoisotopic (exact) mass is 511 g/mol. The summed E-state index contributed by atoms with van der Waals surface area (Å²) < 4.78 is 16.0. The van der Waals surface area contributed by atoms with Crippen LogP contribution >= 0.6 is 0 Å². The zero-order chi connectivity index (χ0) is 27.1. The number of ether oxygens (including phenoxy) is 2. The van der Waals surface area contributed by atoms with Gasteiger partial charge in [0, 0.05) is 43.8 Å². The summed E-state index contributed by atoms with van der Waals surface area (Å²) >= 11 is 0. The van der Waals surface area contributed by atoms with E-state index < -0.39 is 28.5 Å². The van der Waals surface area contributed by atoms with Crippen LogP contribution in [0.3, 0.4) is 0 Å². The predicted molar refractivity (Wildman–Crippen MR) is 129 cm³/mol. The van der Waals surface area contributed by atoms with Gasteiger partial charge in [-0.3, -0.25) is 14.4 Å². The molecule has 0 amide bonds. The molecule has 37 heavy (non-hydrogen) atoms. The molecule has 1 aliphatic carbocycles. The molecule has 1 aromatic heterocycles. The van der Waals surface area contributed by atoms with Gasteiger partial charge < -0.3 is 29.5 Å². The van der Waals surface area contributed by atoms with Crippen LogP contribution < -0.4 is 10.1 Å². The second-order valence-corrected chi connectivity index (χ2v) is 9.26. The van der Waals surface area contributed by atoms with E-state index >= 15 is 0 Å². The highest BCUT2D eigenvalue weighted by Crippen LogP contribution is 2.57. The molecule has 1 aromatic carbocycles. The number of hydrogen-bond acceptors (Lipinski definition) is 11. The van der Waals surface area contributed by atoms with Gasteiger partial charge in [-0.25, -0.2) is 0 Å². The van der Waals surface area contributed by atoms with Crippen molar-refractivity contribution < 1.29 is 38.6 Å². The zero-order valence-electron chi connectivity index (χ0n) is 21.4. The molecule has 0 saturated carbocycles. The summed E-state index contributed by atoms with van der Waals surface area (Å²) in [6.07, 6.45) is 2.85. The Morgan fingerprint density at radius 3 is 2.59 bits per heavy atom. The van der Waals surface area contributed by atoms with Crippen molar-refractivity contribution in [2.75, 3.05) is 20.3 Å². The lowest BCUT2D eigenvalue weighted by Gasteiger charge is -2.29. The van der Waals surface area contributed by atoms with Crippen LogP contribution in [0.5, 0.6) is 17.2 Å². The molecule has 11 heteroatoms. The van der Waals surface area contributed by atoms with Crippen molar-refractivity contribution >= 4 is 17.3 Å². The number of aromatic hydroxyl groups is 2. The summed E-state index contributed by atoms with van der Waals surface area (Å²) in [5.41, 5.74) is -1.29. The normalized spacial score (nSPS) is 19.8. The highest BCUT2D eigenvalue weighted by molar-refractivity contribution is 6.31. The summed E-state index contributed by atoms with van der Waals surface area (Å²) in [6.45, 7) is 6.77. The summed E-state index contributed by atoms with van der Waals surface area (Å²) in [7, 11) is 1.60. The average molecular weight is 512 g/mol. The minimum atomic E-state index is -1.55. The third-order valence-electron chi connectivity index (χ3n) is 6.76. The molecular formula is C26H29N3O8. The zero-order valence-corrected chi connectivity index (χ0v) is 21.4. The third kappa shape index (κ3) is 4.29. The second kappa shape index (κ2) is 9.81. The molecule has 0 spiro atoms. The van der Waals surface area contributed by atoms with E-state index in [4.69, 9.17) is 14.0 Å². The Morgan fingerprint density at radius 1 is 1.19 bits per heavy atom. The Hall–Kier alpha value is -3.99. The van der Waals surface area contributed by atoms with Crippen molar-refractivity contribution in [1.82, 2.24) is 15.5 Å². The fourth-order valence-corrected chi connectivity index (χ4v) is 4.65. The number of carbonyl (C=O) groups excluding carboxylic acids is 3. The number of methoxy groups -OCH3 is 1. The Balaban J connectivity index is 1.57. The first kappa shape index (κ1) is 26.1. The van der Waals surface area contributed by atoms with Gasteiger partial charge in [-0.15, -0.1) is 0 Å². The Labute approximate surface area is 213 Å². The number of aryl methyl sites for hydroxylation is 1. The number of nitrogens with one attached hydrogen (secondary N) is 1. The standard InChI is InChI=1S/C26H29N3O8/c1-12-22(32)20(14(3)30)24-21(23(12)33)26(4)16(36-24)11-15(31)19(25(26)34)13(2)27-9-6-7-18-28-17(29-37-18)8-10-35-5/h11,27,32-33H,6-10H2,1-5H3. The quantitative estimate of drug-likeness (QED) is 0.196. The Kier molecular flexibility index (Phi) is 6.92. The fraction of sp³-hybridized carbons (Fsp3) is 0.423. The van der Waals surface area contributed by atoms with Crippen LogP contribution in [0, 0.1) is 6.92 Å². The first-order valence-corrected chi connectivity index (χ1v) is 11.9. The smallest absolute Gasteiger partial charge is 0.226 e. The van der Waals surface area contributed by atoms with Crippen LogP contribution in [0.1, 0.15) is 60.4 Å². The number of rotatable bonds is 9. The topological polar surface area (TPSA) is 161 Å². The summed E-state index contributed by atoms with van der Waals surface area (Å²) in [6, 6.07) is 0. The number of hydrogen-bond donors (Lipinski definition) is 3. The van der Waals surface area contributed by atoms with E-state index in [9.17, 15) is 24.6 Å². The van der Waals surface area contributed by atoms with Crippen molar-refractivity contribution in [2.24, 2.45) is 0 Å². The number of aromatic nitrogens is 2. The van der Waals surface area contributed by atoms with Crippen LogP contribution in [-0.2, 0) is 32.6 Å². The highest BCUT2D eigenvalue weighted by atomic mass is 16.5. The summed E-state index contributed by atoms with van der Waals surface area (Å²) in [5.74, 6) is -1.48. The molecule has 2 aliphatic rings. The molecule has 0 saturated heterocycles. The number of benzene rings is 1. The molecule has 0 radical (unpaired) electrons. The number of Topliss-reactive ketones (excluding diaryl/α,β-unsaturated/α-hetero) is 2. The second-order valence-electron chi connectivity index (χ2n) is 9.26. The molecule has 1 aliphatic heterocycles. The first-order valence-electron chi connectivity index (χ1n) is 11.9. The molecule has 2 heterocycles. The molecule has 3 N–H and O–H groups in total. The average Bonchev–Trinajstić information content (AvgIpc) is 3.41. The maximum absolute atomic E-state index is 13.8. The maximum atomic E-state index is 13.8. The van der Waals surface area contributed by atoms with Gasteiger partial charge >= 0.3 is 0 Å². The Bertz CT molecular complexity index is 1370. The van der Waals surface area contributed by atoms with E-state index in [1.807, 2.05) is 0 Å². The van der Waals surface area contributed by atoms with E-state index in [-0.39, 0.29) is 39.5 Å². The maximum Gasteiger partial charge on any atom is 0.226 e. The summed E-state index contributed by atoms with van der Waals surface area (Å²) in [4.78, 5) is 43.3. The molecular weight excluding hydrogens is 482 g/mol. The van der Waals surface area contributed by atoms with E-state index in [1.54, 1.807) is 14.0 Å². The van der Waals surface area contributed by atoms with Gasteiger partial charge in [0.2, 0.25) is 5.89 Å². The summed E-state index contributed by atoms with van der Waals surface area (Å²) in [5, 5.41) is 28.3. The van der Waals surface area contributed by atoms with Gasteiger partial charge in [0.15, 0.2) is 23.2 Å². The molecule has 1 unspecified atom stereocenters. The van der Waals surface area contributed by atoms with Gasteiger partial charge in [0.25, 0.3) is 0 Å². The molecule has 2 aromatic rings. The van der Waals surface area contributed by atoms with E-state index in [0.29, 0.717) is 49.8 Å². The first-order chi connectivity index (χ1) is 17.5. The van der Waals surface area contributed by atoms with Gasteiger partial charge in [0.05, 0.1) is 17.7 Å². The SMILES string of the molecule is COCCc1noc(CCCNC(C)=C2C(=O)C=C3Oc4c(C(C)=O)c(O)c(C)c(O)c4C3(C)C2=O)n1. The molecule has 11 nitrogen and oxygen atoms in total. The number of ketones is 3.